The highest BCUT2D eigenvalue weighted by atomic mass is 16.2. The molecule has 1 amide bonds. The molecule has 2 aromatic carbocycles. The van der Waals surface area contributed by atoms with E-state index in [2.05, 4.69) is 63.8 Å². The lowest BCUT2D eigenvalue weighted by Crippen LogP contribution is -2.49. The first-order valence-corrected chi connectivity index (χ1v) is 11.5. The Hall–Kier alpha value is -2.86. The Morgan fingerprint density at radius 3 is 2.50 bits per heavy atom. The summed E-state index contributed by atoms with van der Waals surface area (Å²) in [6, 6.07) is 19.5. The van der Waals surface area contributed by atoms with E-state index in [0.717, 1.165) is 56.0 Å². The fourth-order valence-corrected chi connectivity index (χ4v) is 4.20. The van der Waals surface area contributed by atoms with Gasteiger partial charge in [0.1, 0.15) is 0 Å². The number of hydrogen-bond donors (Lipinski definition) is 2. The van der Waals surface area contributed by atoms with Gasteiger partial charge in [-0.2, -0.15) is 0 Å². The fraction of sp³-hybridized carbons (Fsp3) is 0.462. The topological polar surface area (TPSA) is 60.0 Å². The standard InChI is InChI=1S/C26H37N5O/c1-20(22-10-6-5-7-11-22)31-17-14-24(15-18-31)29-26(27-2)28-16-13-21-9-8-12-23(19-21)25(32)30(3)4/h5-12,19-20,24H,13-18H2,1-4H3,(H2,27,28,29). The van der Waals surface area contributed by atoms with Gasteiger partial charge in [-0.3, -0.25) is 14.7 Å². The predicted molar refractivity (Wildman–Crippen MR) is 132 cm³/mol. The largest absolute Gasteiger partial charge is 0.356 e. The van der Waals surface area contributed by atoms with Crippen LogP contribution in [-0.2, 0) is 6.42 Å². The van der Waals surface area contributed by atoms with Gasteiger partial charge >= 0.3 is 0 Å². The number of hydrogen-bond acceptors (Lipinski definition) is 3. The molecule has 1 unspecified atom stereocenters. The van der Waals surface area contributed by atoms with E-state index < -0.39 is 0 Å². The first kappa shape index (κ1) is 23.8. The third-order valence-corrected chi connectivity index (χ3v) is 6.21. The highest BCUT2D eigenvalue weighted by Crippen LogP contribution is 2.23. The lowest BCUT2D eigenvalue weighted by Gasteiger charge is -2.37. The minimum absolute atomic E-state index is 0.0326. The Labute approximate surface area is 192 Å². The predicted octanol–water partition coefficient (Wildman–Crippen LogP) is 3.32. The van der Waals surface area contributed by atoms with Crippen molar-refractivity contribution >= 4 is 11.9 Å². The van der Waals surface area contributed by atoms with Crippen molar-refractivity contribution in [2.75, 3.05) is 40.8 Å². The van der Waals surface area contributed by atoms with Gasteiger partial charge in [0.15, 0.2) is 5.96 Å². The number of likely N-dealkylation sites (tertiary alicyclic amines) is 1. The summed E-state index contributed by atoms with van der Waals surface area (Å²) >= 11 is 0. The van der Waals surface area contributed by atoms with Crippen LogP contribution in [0.15, 0.2) is 59.6 Å². The molecule has 1 saturated heterocycles. The van der Waals surface area contributed by atoms with Gasteiger partial charge in [-0.05, 0) is 49.4 Å². The maximum absolute atomic E-state index is 12.2. The maximum atomic E-state index is 12.2. The maximum Gasteiger partial charge on any atom is 0.253 e. The lowest BCUT2D eigenvalue weighted by molar-refractivity contribution is 0.0827. The fourth-order valence-electron chi connectivity index (χ4n) is 4.20. The van der Waals surface area contributed by atoms with Crippen LogP contribution in [0.4, 0.5) is 0 Å². The van der Waals surface area contributed by atoms with E-state index in [4.69, 9.17) is 0 Å². The summed E-state index contributed by atoms with van der Waals surface area (Å²) in [4.78, 5) is 20.7. The number of nitrogens with one attached hydrogen (secondary N) is 2. The van der Waals surface area contributed by atoms with Crippen LogP contribution >= 0.6 is 0 Å². The van der Waals surface area contributed by atoms with Crippen LogP contribution in [-0.4, -0.2) is 68.5 Å². The number of carbonyl (C=O) groups excluding carboxylic acids is 1. The van der Waals surface area contributed by atoms with Gasteiger partial charge in [0.25, 0.3) is 5.91 Å². The molecule has 0 bridgehead atoms. The van der Waals surface area contributed by atoms with Crippen molar-refractivity contribution in [1.82, 2.24) is 20.4 Å². The molecule has 1 heterocycles. The van der Waals surface area contributed by atoms with Crippen LogP contribution in [0.2, 0.25) is 0 Å². The summed E-state index contributed by atoms with van der Waals surface area (Å²) in [5.74, 6) is 0.880. The van der Waals surface area contributed by atoms with Crippen molar-refractivity contribution in [3.8, 4) is 0 Å². The van der Waals surface area contributed by atoms with Gasteiger partial charge in [-0.15, -0.1) is 0 Å². The van der Waals surface area contributed by atoms with E-state index in [0.29, 0.717) is 12.1 Å². The summed E-state index contributed by atoms with van der Waals surface area (Å²) in [6.07, 6.45) is 3.04. The van der Waals surface area contributed by atoms with Gasteiger partial charge in [0.05, 0.1) is 0 Å². The molecule has 0 saturated carbocycles. The highest BCUT2D eigenvalue weighted by Gasteiger charge is 2.24. The van der Waals surface area contributed by atoms with Gasteiger partial charge in [-0.1, -0.05) is 42.5 Å². The summed E-state index contributed by atoms with van der Waals surface area (Å²) in [5.41, 5.74) is 3.25. The summed E-state index contributed by atoms with van der Waals surface area (Å²) in [5, 5.41) is 7.01. The molecule has 0 radical (unpaired) electrons. The molecule has 6 heteroatoms. The minimum atomic E-state index is 0.0326. The molecule has 2 N–H and O–H groups in total. The van der Waals surface area contributed by atoms with E-state index in [1.807, 2.05) is 25.2 Å². The first-order valence-electron chi connectivity index (χ1n) is 11.5. The number of piperidine rings is 1. The molecule has 172 valence electrons. The molecule has 1 fully saturated rings. The number of carbonyl (C=O) groups is 1. The number of aliphatic imine (C=N–C) groups is 1. The minimum Gasteiger partial charge on any atom is -0.356 e. The Bertz CT molecular complexity index is 888. The quantitative estimate of drug-likeness (QED) is 0.517. The van der Waals surface area contributed by atoms with E-state index in [1.165, 1.54) is 5.56 Å². The van der Waals surface area contributed by atoms with Crippen molar-refractivity contribution in [3.05, 3.63) is 71.3 Å². The number of rotatable bonds is 7. The Kier molecular flexibility index (Phi) is 8.68. The van der Waals surface area contributed by atoms with Crippen LogP contribution in [0.1, 0.15) is 47.3 Å². The first-order chi connectivity index (χ1) is 15.5. The normalized spacial score (nSPS) is 16.4. The average molecular weight is 436 g/mol. The van der Waals surface area contributed by atoms with Crippen molar-refractivity contribution in [2.45, 2.75) is 38.3 Å². The van der Waals surface area contributed by atoms with E-state index in [1.54, 1.807) is 19.0 Å². The Morgan fingerprint density at radius 2 is 1.84 bits per heavy atom. The highest BCUT2D eigenvalue weighted by molar-refractivity contribution is 5.94. The molecule has 1 atom stereocenters. The molecule has 6 nitrogen and oxygen atoms in total. The van der Waals surface area contributed by atoms with Crippen molar-refractivity contribution in [3.63, 3.8) is 0 Å². The SMILES string of the molecule is CN=C(NCCc1cccc(C(=O)N(C)C)c1)NC1CCN(C(C)c2ccccc2)CC1. The van der Waals surface area contributed by atoms with E-state index in [9.17, 15) is 4.79 Å². The van der Waals surface area contributed by atoms with Crippen LogP contribution < -0.4 is 10.6 Å². The van der Waals surface area contributed by atoms with Gasteiger partial charge in [-0.25, -0.2) is 0 Å². The number of guanidine groups is 1. The second kappa shape index (κ2) is 11.7. The van der Waals surface area contributed by atoms with Crippen LogP contribution in [0.5, 0.6) is 0 Å². The van der Waals surface area contributed by atoms with E-state index in [-0.39, 0.29) is 5.91 Å². The molecule has 0 spiro atoms. The number of nitrogens with zero attached hydrogens (tertiary/aromatic N) is 3. The van der Waals surface area contributed by atoms with Gasteiger partial charge in [0.2, 0.25) is 0 Å². The average Bonchev–Trinajstić information content (AvgIpc) is 2.83. The molecule has 0 aromatic heterocycles. The Balaban J connectivity index is 1.43. The molecule has 1 aliphatic rings. The molecule has 0 aliphatic carbocycles. The summed E-state index contributed by atoms with van der Waals surface area (Å²) in [7, 11) is 5.37. The second-order valence-corrected chi connectivity index (χ2v) is 8.69. The molecule has 32 heavy (non-hydrogen) atoms. The van der Waals surface area contributed by atoms with Gasteiger partial charge < -0.3 is 15.5 Å². The Morgan fingerprint density at radius 1 is 1.12 bits per heavy atom. The van der Waals surface area contributed by atoms with Crippen LogP contribution in [0, 0.1) is 0 Å². The molecule has 3 rings (SSSR count). The molecular formula is C26H37N5O. The second-order valence-electron chi connectivity index (χ2n) is 8.69. The zero-order valence-electron chi connectivity index (χ0n) is 19.8. The molecule has 2 aromatic rings. The van der Waals surface area contributed by atoms with Crippen LogP contribution in [0.25, 0.3) is 0 Å². The molecule has 1 aliphatic heterocycles. The number of benzene rings is 2. The smallest absolute Gasteiger partial charge is 0.253 e. The summed E-state index contributed by atoms with van der Waals surface area (Å²) in [6.45, 7) is 5.22. The van der Waals surface area contributed by atoms with Crippen molar-refractivity contribution < 1.29 is 4.79 Å². The molecular weight excluding hydrogens is 398 g/mol. The van der Waals surface area contributed by atoms with Crippen molar-refractivity contribution in [2.24, 2.45) is 4.99 Å². The van der Waals surface area contributed by atoms with E-state index >= 15 is 0 Å². The summed E-state index contributed by atoms with van der Waals surface area (Å²) < 4.78 is 0. The zero-order chi connectivity index (χ0) is 22.9. The third-order valence-electron chi connectivity index (χ3n) is 6.21. The lowest BCUT2D eigenvalue weighted by atomic mass is 10.0. The third kappa shape index (κ3) is 6.57. The van der Waals surface area contributed by atoms with Crippen molar-refractivity contribution in [1.29, 1.82) is 0 Å². The zero-order valence-corrected chi connectivity index (χ0v) is 19.8. The monoisotopic (exact) mass is 435 g/mol. The van der Waals surface area contributed by atoms with Crippen LogP contribution in [0.3, 0.4) is 0 Å². The van der Waals surface area contributed by atoms with Gasteiger partial charge in [0, 0.05) is 58.4 Å². The number of amides is 1.